The zero-order chi connectivity index (χ0) is 15.1. The van der Waals surface area contributed by atoms with Crippen LogP contribution in [0.3, 0.4) is 0 Å². The van der Waals surface area contributed by atoms with E-state index in [1.165, 1.54) is 0 Å². The van der Waals surface area contributed by atoms with Crippen LogP contribution in [0.5, 0.6) is 0 Å². The molecule has 1 amide bonds. The molecule has 0 aromatic carbocycles. The average molecular weight is 230 g/mol. The first kappa shape index (κ1) is 8.51. The lowest BCUT2D eigenvalue weighted by molar-refractivity contribution is -0.125. The van der Waals surface area contributed by atoms with Gasteiger partial charge in [0.1, 0.15) is 0 Å². The zero-order valence-electron chi connectivity index (χ0n) is 13.8. The van der Waals surface area contributed by atoms with Crippen molar-refractivity contribution in [1.29, 1.82) is 0 Å². The highest BCUT2D eigenvalue weighted by molar-refractivity contribution is 5.78. The molecule has 1 aliphatic rings. The lowest BCUT2D eigenvalue weighted by Crippen LogP contribution is -2.32. The predicted molar refractivity (Wildman–Crippen MR) is 67.1 cm³/mol. The molecule has 3 N–H and O–H groups in total. The molecule has 3 heteroatoms. The van der Waals surface area contributed by atoms with Gasteiger partial charge >= 0.3 is 0 Å². The first-order valence-electron chi connectivity index (χ1n) is 8.46. The van der Waals surface area contributed by atoms with Crippen LogP contribution in [0, 0.1) is 5.92 Å². The minimum Gasteiger partial charge on any atom is -0.356 e. The summed E-state index contributed by atoms with van der Waals surface area (Å²) in [6.07, 6.45) is 0.704. The monoisotopic (exact) mass is 230 g/mol. The minimum atomic E-state index is -0.966. The van der Waals surface area contributed by atoms with Crippen LogP contribution in [-0.2, 0) is 4.79 Å². The van der Waals surface area contributed by atoms with E-state index in [4.69, 9.17) is 11.2 Å². The van der Waals surface area contributed by atoms with Crippen LogP contribution >= 0.6 is 0 Å². The number of amides is 1. The molecular weight excluding hydrogens is 200 g/mol. The van der Waals surface area contributed by atoms with E-state index in [1.54, 1.807) is 0 Å². The number of rotatable bonds is 7. The normalized spacial score (nSPS) is 42.7. The maximum absolute atomic E-state index is 12.0. The summed E-state index contributed by atoms with van der Waals surface area (Å²) in [6.45, 7) is 1.27. The minimum absolute atomic E-state index is 0.219. The largest absolute Gasteiger partial charge is 0.356 e. The van der Waals surface area contributed by atoms with Gasteiger partial charge in [-0.1, -0.05) is 32.0 Å². The van der Waals surface area contributed by atoms with Crippen LogP contribution in [0.15, 0.2) is 0 Å². The summed E-state index contributed by atoms with van der Waals surface area (Å²) >= 11 is 0. The van der Waals surface area contributed by atoms with Crippen LogP contribution in [-0.4, -0.2) is 19.0 Å². The Hall–Kier alpha value is -0.570. The molecule has 5 unspecified atom stereocenters. The van der Waals surface area contributed by atoms with Crippen LogP contribution in [0.25, 0.3) is 0 Å². The number of carbonyl (C=O) groups excluding carboxylic acids is 1. The second-order valence-electron chi connectivity index (χ2n) is 4.15. The van der Waals surface area contributed by atoms with Crippen molar-refractivity contribution in [3.05, 3.63) is 0 Å². The van der Waals surface area contributed by atoms with Crippen molar-refractivity contribution >= 4 is 5.91 Å². The van der Waals surface area contributed by atoms with Gasteiger partial charge in [-0.3, -0.25) is 4.79 Å². The third-order valence-electron chi connectivity index (χ3n) is 2.75. The van der Waals surface area contributed by atoms with E-state index in [2.05, 4.69) is 5.32 Å². The smallest absolute Gasteiger partial charge is 0.223 e. The summed E-state index contributed by atoms with van der Waals surface area (Å²) in [6, 6.07) is 0. The lowest BCUT2D eigenvalue weighted by atomic mass is 9.89. The van der Waals surface area contributed by atoms with Crippen molar-refractivity contribution in [1.82, 2.24) is 5.32 Å². The molecule has 1 saturated carbocycles. The highest BCUT2D eigenvalue weighted by atomic mass is 16.1. The van der Waals surface area contributed by atoms with E-state index in [0.717, 1.165) is 25.7 Å². The van der Waals surface area contributed by atoms with Crippen molar-refractivity contribution < 1.29 is 10.3 Å². The molecule has 16 heavy (non-hydrogen) atoms. The van der Waals surface area contributed by atoms with Gasteiger partial charge in [-0.2, -0.15) is 0 Å². The maximum atomic E-state index is 12.0. The van der Waals surface area contributed by atoms with E-state index < -0.39 is 31.5 Å². The Morgan fingerprint density at radius 3 is 2.88 bits per heavy atom. The number of hydrogen-bond acceptors (Lipinski definition) is 2. The second kappa shape index (κ2) is 8.57. The molecule has 0 aromatic rings. The van der Waals surface area contributed by atoms with Crippen molar-refractivity contribution in [3.8, 4) is 0 Å². The van der Waals surface area contributed by atoms with Crippen LogP contribution in [0.4, 0.5) is 0 Å². The number of hydrogen-bond donors (Lipinski definition) is 2. The molecule has 0 spiro atoms. The molecule has 0 aliphatic heterocycles. The Labute approximate surface area is 105 Å². The van der Waals surface area contributed by atoms with Gasteiger partial charge in [-0.15, -0.1) is 0 Å². The van der Waals surface area contributed by atoms with E-state index in [0.29, 0.717) is 13.1 Å². The van der Waals surface area contributed by atoms with Crippen molar-refractivity contribution in [2.45, 2.75) is 57.7 Å². The molecule has 0 heterocycles. The van der Waals surface area contributed by atoms with E-state index in [-0.39, 0.29) is 12.3 Å². The summed E-state index contributed by atoms with van der Waals surface area (Å²) in [7, 11) is 0. The SMILES string of the molecule is [2H]C1CC(C(=O)NCCCCCCN)C([2H])C([2H])C1[2H]. The third-order valence-corrected chi connectivity index (χ3v) is 2.75. The van der Waals surface area contributed by atoms with Crippen LogP contribution in [0.1, 0.15) is 63.2 Å². The third kappa shape index (κ3) is 5.50. The quantitative estimate of drug-likeness (QED) is 0.659. The molecule has 1 aliphatic carbocycles. The van der Waals surface area contributed by atoms with E-state index in [1.807, 2.05) is 0 Å². The van der Waals surface area contributed by atoms with Gasteiger partial charge in [-0.25, -0.2) is 0 Å². The number of nitrogens with one attached hydrogen (secondary N) is 1. The molecule has 0 bridgehead atoms. The fourth-order valence-corrected chi connectivity index (χ4v) is 1.74. The molecule has 5 atom stereocenters. The molecular formula is C13H26N2O. The second-order valence-corrected chi connectivity index (χ2v) is 4.15. The van der Waals surface area contributed by atoms with Gasteiger partial charge in [0, 0.05) is 17.9 Å². The summed E-state index contributed by atoms with van der Waals surface area (Å²) in [5, 5.41) is 2.80. The highest BCUT2D eigenvalue weighted by Crippen LogP contribution is 2.23. The number of unbranched alkanes of at least 4 members (excludes halogenated alkanes) is 3. The van der Waals surface area contributed by atoms with Gasteiger partial charge in [-0.05, 0) is 32.2 Å². The van der Waals surface area contributed by atoms with Gasteiger partial charge in [0.05, 0.1) is 0 Å². The molecule has 3 nitrogen and oxygen atoms in total. The van der Waals surface area contributed by atoms with Gasteiger partial charge in [0.15, 0.2) is 0 Å². The Kier molecular flexibility index (Phi) is 4.56. The van der Waals surface area contributed by atoms with Gasteiger partial charge in [0.2, 0.25) is 5.91 Å². The lowest BCUT2D eigenvalue weighted by Gasteiger charge is -2.20. The van der Waals surface area contributed by atoms with Crippen molar-refractivity contribution in [2.75, 3.05) is 13.1 Å². The maximum Gasteiger partial charge on any atom is 0.223 e. The number of nitrogens with two attached hydrogens (primary N) is 1. The Bertz CT molecular complexity index is 306. The average Bonchev–Trinajstić information content (AvgIpc) is 2.44. The zero-order valence-corrected chi connectivity index (χ0v) is 9.82. The van der Waals surface area contributed by atoms with Gasteiger partial charge < -0.3 is 11.1 Å². The predicted octanol–water partition coefficient (Wildman–Crippen LogP) is 2.20. The fraction of sp³-hybridized carbons (Fsp3) is 0.923. The summed E-state index contributed by atoms with van der Waals surface area (Å²) in [5.41, 5.74) is 5.40. The molecule has 94 valence electrons. The summed E-state index contributed by atoms with van der Waals surface area (Å²) < 4.78 is 31.0. The van der Waals surface area contributed by atoms with Crippen LogP contribution in [0.2, 0.25) is 0 Å². The van der Waals surface area contributed by atoms with E-state index >= 15 is 0 Å². The Morgan fingerprint density at radius 2 is 2.06 bits per heavy atom. The molecule has 0 radical (unpaired) electrons. The first-order valence-corrected chi connectivity index (χ1v) is 6.15. The van der Waals surface area contributed by atoms with Crippen molar-refractivity contribution in [2.24, 2.45) is 11.7 Å². The topological polar surface area (TPSA) is 55.1 Å². The molecule has 0 saturated heterocycles. The molecule has 1 rings (SSSR count). The van der Waals surface area contributed by atoms with Crippen molar-refractivity contribution in [3.63, 3.8) is 0 Å². The number of carbonyl (C=O) groups is 1. The first-order chi connectivity index (χ1) is 9.49. The highest BCUT2D eigenvalue weighted by Gasteiger charge is 2.20. The van der Waals surface area contributed by atoms with Gasteiger partial charge in [0.25, 0.3) is 0 Å². The Balaban J connectivity index is 2.32. The van der Waals surface area contributed by atoms with Crippen LogP contribution < -0.4 is 11.1 Å². The Morgan fingerprint density at radius 1 is 1.25 bits per heavy atom. The standard InChI is InChI=1S/C13H26N2O/c14-10-6-1-2-7-11-15-13(16)12-8-4-3-5-9-12/h12H,1-11,14H2,(H,15,16)/i3D,4D,5D,8D. The molecule has 1 fully saturated rings. The summed E-state index contributed by atoms with van der Waals surface area (Å²) in [4.78, 5) is 12.0. The van der Waals surface area contributed by atoms with E-state index in [9.17, 15) is 4.79 Å². The fourth-order valence-electron chi connectivity index (χ4n) is 1.74. The molecule has 0 aromatic heterocycles. The summed E-state index contributed by atoms with van der Waals surface area (Å²) in [5.74, 6) is -0.851.